The minimum Gasteiger partial charge on any atom is -0.297 e. The van der Waals surface area contributed by atoms with Crippen molar-refractivity contribution in [2.45, 2.75) is 12.8 Å². The first-order valence-corrected chi connectivity index (χ1v) is 5.93. The number of hydrogen-bond donors (Lipinski definition) is 0. The number of allylic oxidation sites excluding steroid dienone is 2. The van der Waals surface area contributed by atoms with E-state index < -0.39 is 0 Å². The number of aromatic nitrogens is 2. The number of hydrogen-bond acceptors (Lipinski definition) is 2. The van der Waals surface area contributed by atoms with Gasteiger partial charge in [0.05, 0.1) is 5.69 Å². The molecule has 0 aromatic carbocycles. The largest absolute Gasteiger partial charge is 0.297 e. The summed E-state index contributed by atoms with van der Waals surface area (Å²) in [4.78, 5) is 5.53. The Labute approximate surface area is 91.8 Å². The lowest BCUT2D eigenvalue weighted by molar-refractivity contribution is 1.13. The van der Waals surface area contributed by atoms with Crippen molar-refractivity contribution in [3.63, 3.8) is 0 Å². The van der Waals surface area contributed by atoms with Gasteiger partial charge in [-0.05, 0) is 6.42 Å². The van der Waals surface area contributed by atoms with Gasteiger partial charge in [0.25, 0.3) is 0 Å². The maximum Gasteiger partial charge on any atom is 0.193 e. The fourth-order valence-electron chi connectivity index (χ4n) is 1.26. The van der Waals surface area contributed by atoms with Crippen LogP contribution in [0.1, 0.15) is 12.1 Å². The standard InChI is InChI=1S/C10H11ClN2S/c11-5-3-1-2-4-9-8-13-6-7-14-10(13)12-9/h1-2,6-8H,3-5H2/b2-1+. The van der Waals surface area contributed by atoms with Crippen LogP contribution in [0.2, 0.25) is 0 Å². The summed E-state index contributed by atoms with van der Waals surface area (Å²) in [7, 11) is 0. The molecule has 2 aromatic rings. The van der Waals surface area contributed by atoms with Crippen molar-refractivity contribution in [3.05, 3.63) is 35.6 Å². The molecule has 0 radical (unpaired) electrons. The van der Waals surface area contributed by atoms with E-state index in [1.54, 1.807) is 11.3 Å². The number of fused-ring (bicyclic) bond motifs is 1. The summed E-state index contributed by atoms with van der Waals surface area (Å²) in [6.07, 6.45) is 10.1. The van der Waals surface area contributed by atoms with Crippen molar-refractivity contribution in [3.8, 4) is 0 Å². The summed E-state index contributed by atoms with van der Waals surface area (Å²) in [5.74, 6) is 0.689. The summed E-state index contributed by atoms with van der Waals surface area (Å²) in [5.41, 5.74) is 1.11. The van der Waals surface area contributed by atoms with Crippen molar-refractivity contribution in [1.29, 1.82) is 0 Å². The molecule has 0 amide bonds. The lowest BCUT2D eigenvalue weighted by Crippen LogP contribution is -1.79. The lowest BCUT2D eigenvalue weighted by Gasteiger charge is -1.86. The first-order chi connectivity index (χ1) is 6.90. The van der Waals surface area contributed by atoms with Gasteiger partial charge in [0.2, 0.25) is 0 Å². The Morgan fingerprint density at radius 2 is 2.43 bits per heavy atom. The Hall–Kier alpha value is -0.800. The molecule has 0 N–H and O–H groups in total. The normalized spacial score (nSPS) is 11.8. The fraction of sp³-hybridized carbons (Fsp3) is 0.300. The monoisotopic (exact) mass is 226 g/mol. The zero-order valence-electron chi connectivity index (χ0n) is 7.69. The lowest BCUT2D eigenvalue weighted by atomic mass is 10.3. The average Bonchev–Trinajstić information content (AvgIpc) is 2.72. The number of thiazole rings is 1. The maximum atomic E-state index is 5.56. The third kappa shape index (κ3) is 2.16. The Morgan fingerprint density at radius 3 is 3.21 bits per heavy atom. The summed E-state index contributed by atoms with van der Waals surface area (Å²) in [6, 6.07) is 0. The molecule has 2 nitrogen and oxygen atoms in total. The van der Waals surface area contributed by atoms with Gasteiger partial charge in [-0.3, -0.25) is 4.40 Å². The molecule has 0 saturated heterocycles. The predicted molar refractivity (Wildman–Crippen MR) is 61.3 cm³/mol. The molecule has 4 heteroatoms. The highest BCUT2D eigenvalue weighted by molar-refractivity contribution is 7.15. The Balaban J connectivity index is 2.01. The van der Waals surface area contributed by atoms with Crippen LogP contribution in [0, 0.1) is 0 Å². The average molecular weight is 227 g/mol. The topological polar surface area (TPSA) is 17.3 Å². The number of halogens is 1. The van der Waals surface area contributed by atoms with Gasteiger partial charge in [-0.25, -0.2) is 4.98 Å². The Morgan fingerprint density at radius 1 is 1.50 bits per heavy atom. The molecule has 0 saturated carbocycles. The summed E-state index contributed by atoms with van der Waals surface area (Å²) in [5, 5.41) is 2.04. The molecule has 0 atom stereocenters. The van der Waals surface area contributed by atoms with Gasteiger partial charge in [0, 0.05) is 30.1 Å². The molecule has 0 spiro atoms. The Bertz CT molecular complexity index is 401. The van der Waals surface area contributed by atoms with Gasteiger partial charge in [0.15, 0.2) is 4.96 Å². The molecular formula is C10H11ClN2S. The van der Waals surface area contributed by atoms with E-state index in [0.717, 1.165) is 23.5 Å². The second kappa shape index (κ2) is 4.62. The van der Waals surface area contributed by atoms with E-state index in [9.17, 15) is 0 Å². The van der Waals surface area contributed by atoms with Crippen LogP contribution in [-0.2, 0) is 6.42 Å². The van der Waals surface area contributed by atoms with Crippen LogP contribution in [0.4, 0.5) is 0 Å². The van der Waals surface area contributed by atoms with Gasteiger partial charge in [-0.15, -0.1) is 22.9 Å². The Kier molecular flexibility index (Phi) is 3.22. The number of alkyl halides is 1. The minimum absolute atomic E-state index is 0.689. The van der Waals surface area contributed by atoms with E-state index in [2.05, 4.69) is 27.7 Å². The zero-order valence-corrected chi connectivity index (χ0v) is 9.26. The molecule has 74 valence electrons. The SMILES string of the molecule is ClCC/C=C/Cc1cn2ccsc2n1. The quantitative estimate of drug-likeness (QED) is 0.579. The molecule has 0 unspecified atom stereocenters. The van der Waals surface area contributed by atoms with Crippen molar-refractivity contribution < 1.29 is 0 Å². The summed E-state index contributed by atoms with van der Waals surface area (Å²) < 4.78 is 2.05. The van der Waals surface area contributed by atoms with Gasteiger partial charge < -0.3 is 0 Å². The van der Waals surface area contributed by atoms with Crippen LogP contribution in [0.25, 0.3) is 4.96 Å². The summed E-state index contributed by atoms with van der Waals surface area (Å²) in [6.45, 7) is 0. The molecular weight excluding hydrogens is 216 g/mol. The van der Waals surface area contributed by atoms with Crippen molar-refractivity contribution >= 4 is 27.9 Å². The first kappa shape index (κ1) is 9.74. The molecule has 14 heavy (non-hydrogen) atoms. The smallest absolute Gasteiger partial charge is 0.193 e. The zero-order chi connectivity index (χ0) is 9.80. The van der Waals surface area contributed by atoms with Crippen LogP contribution in [0.5, 0.6) is 0 Å². The van der Waals surface area contributed by atoms with E-state index in [0.29, 0.717) is 5.88 Å². The van der Waals surface area contributed by atoms with Gasteiger partial charge in [0.1, 0.15) is 0 Å². The third-order valence-electron chi connectivity index (χ3n) is 1.91. The van der Waals surface area contributed by atoms with Gasteiger partial charge in [-0.1, -0.05) is 12.2 Å². The molecule has 0 fully saturated rings. The van der Waals surface area contributed by atoms with E-state index in [4.69, 9.17) is 11.6 Å². The van der Waals surface area contributed by atoms with E-state index in [1.165, 1.54) is 0 Å². The molecule has 2 rings (SSSR count). The first-order valence-electron chi connectivity index (χ1n) is 4.52. The number of imidazole rings is 1. The van der Waals surface area contributed by atoms with Crippen LogP contribution in [0.15, 0.2) is 29.9 Å². The highest BCUT2D eigenvalue weighted by Gasteiger charge is 1.99. The van der Waals surface area contributed by atoms with E-state index in [1.807, 2.05) is 11.6 Å². The molecule has 0 aliphatic rings. The fourth-order valence-corrected chi connectivity index (χ4v) is 2.10. The highest BCUT2D eigenvalue weighted by Crippen LogP contribution is 2.11. The van der Waals surface area contributed by atoms with Crippen LogP contribution in [-0.4, -0.2) is 15.3 Å². The van der Waals surface area contributed by atoms with Crippen LogP contribution < -0.4 is 0 Å². The molecule has 2 aromatic heterocycles. The second-order valence-electron chi connectivity index (χ2n) is 2.98. The number of nitrogens with zero attached hydrogens (tertiary/aromatic N) is 2. The number of rotatable bonds is 4. The molecule has 0 aliphatic carbocycles. The molecule has 2 heterocycles. The minimum atomic E-state index is 0.689. The van der Waals surface area contributed by atoms with Crippen molar-refractivity contribution in [2.75, 3.05) is 5.88 Å². The molecule has 0 bridgehead atoms. The highest BCUT2D eigenvalue weighted by atomic mass is 35.5. The van der Waals surface area contributed by atoms with Crippen LogP contribution >= 0.6 is 22.9 Å². The van der Waals surface area contributed by atoms with E-state index in [-0.39, 0.29) is 0 Å². The summed E-state index contributed by atoms with van der Waals surface area (Å²) >= 11 is 7.22. The second-order valence-corrected chi connectivity index (χ2v) is 4.23. The van der Waals surface area contributed by atoms with Crippen molar-refractivity contribution in [2.24, 2.45) is 0 Å². The molecule has 0 aliphatic heterocycles. The van der Waals surface area contributed by atoms with Crippen LogP contribution in [0.3, 0.4) is 0 Å². The van der Waals surface area contributed by atoms with E-state index >= 15 is 0 Å². The predicted octanol–water partition coefficient (Wildman–Crippen LogP) is 3.12. The van der Waals surface area contributed by atoms with Gasteiger partial charge >= 0.3 is 0 Å². The van der Waals surface area contributed by atoms with Crippen molar-refractivity contribution in [1.82, 2.24) is 9.38 Å². The van der Waals surface area contributed by atoms with Gasteiger partial charge in [-0.2, -0.15) is 0 Å². The third-order valence-corrected chi connectivity index (χ3v) is 2.90. The maximum absolute atomic E-state index is 5.56.